The Morgan fingerprint density at radius 3 is 2.52 bits per heavy atom. The maximum atomic E-state index is 12.4. The Morgan fingerprint density at radius 2 is 1.92 bits per heavy atom. The summed E-state index contributed by atoms with van der Waals surface area (Å²) in [5, 5.41) is 8.79. The van der Waals surface area contributed by atoms with E-state index in [0.29, 0.717) is 34.6 Å². The van der Waals surface area contributed by atoms with Crippen molar-refractivity contribution in [2.45, 2.75) is 44.2 Å². The van der Waals surface area contributed by atoms with E-state index in [1.807, 2.05) is 31.3 Å². The number of aromatic nitrogens is 3. The van der Waals surface area contributed by atoms with Crippen molar-refractivity contribution in [3.05, 3.63) is 41.2 Å². The van der Waals surface area contributed by atoms with Gasteiger partial charge in [0.05, 0.1) is 5.75 Å². The smallest absolute Gasteiger partial charge is 0.217 e. The molecule has 7 heteroatoms. The molecular weight excluding hydrogens is 336 g/mol. The van der Waals surface area contributed by atoms with Gasteiger partial charge >= 0.3 is 0 Å². The highest BCUT2D eigenvalue weighted by atomic mass is 32.2. The van der Waals surface area contributed by atoms with E-state index >= 15 is 0 Å². The average molecular weight is 360 g/mol. The summed E-state index contributed by atoms with van der Waals surface area (Å²) in [5.41, 5.74) is 7.11. The van der Waals surface area contributed by atoms with Gasteiger partial charge < -0.3 is 10.3 Å². The number of carbonyl (C=O) groups is 2. The summed E-state index contributed by atoms with van der Waals surface area (Å²) in [7, 11) is 1.82. The van der Waals surface area contributed by atoms with Crippen molar-refractivity contribution in [3.63, 3.8) is 0 Å². The SMILES string of the molecule is CC[C@H](C)c1ccc(C(=O)CSc2nnc(CCC(N)=O)n2C)cc1. The monoisotopic (exact) mass is 360 g/mol. The zero-order valence-electron chi connectivity index (χ0n) is 14.9. The van der Waals surface area contributed by atoms with Crippen LogP contribution >= 0.6 is 11.8 Å². The lowest BCUT2D eigenvalue weighted by atomic mass is 9.97. The van der Waals surface area contributed by atoms with Gasteiger partial charge in [-0.15, -0.1) is 10.2 Å². The number of ketones is 1. The van der Waals surface area contributed by atoms with Crippen LogP contribution in [0.1, 0.15) is 54.4 Å². The topological polar surface area (TPSA) is 90.9 Å². The molecule has 0 unspecified atom stereocenters. The molecule has 0 saturated carbocycles. The molecule has 1 aromatic heterocycles. The molecule has 0 radical (unpaired) electrons. The molecule has 0 fully saturated rings. The van der Waals surface area contributed by atoms with Crippen LogP contribution in [0.4, 0.5) is 0 Å². The maximum Gasteiger partial charge on any atom is 0.217 e. The van der Waals surface area contributed by atoms with E-state index in [1.54, 1.807) is 4.57 Å². The van der Waals surface area contributed by atoms with Gasteiger partial charge in [0.2, 0.25) is 5.91 Å². The minimum atomic E-state index is -0.367. The third kappa shape index (κ3) is 5.16. The van der Waals surface area contributed by atoms with E-state index in [0.717, 1.165) is 6.42 Å². The summed E-state index contributed by atoms with van der Waals surface area (Å²) in [6.07, 6.45) is 1.76. The predicted octanol–water partition coefficient (Wildman–Crippen LogP) is 2.72. The fourth-order valence-corrected chi connectivity index (χ4v) is 3.19. The summed E-state index contributed by atoms with van der Waals surface area (Å²) in [6.45, 7) is 4.33. The van der Waals surface area contributed by atoms with Gasteiger partial charge in [0.25, 0.3) is 0 Å². The van der Waals surface area contributed by atoms with Gasteiger partial charge in [-0.3, -0.25) is 9.59 Å². The Balaban J connectivity index is 1.94. The number of benzene rings is 1. The Bertz CT molecular complexity index is 740. The van der Waals surface area contributed by atoms with Crippen LogP contribution in [-0.2, 0) is 18.3 Å². The lowest BCUT2D eigenvalue weighted by Crippen LogP contribution is -2.13. The van der Waals surface area contributed by atoms with Crippen LogP contribution in [0.5, 0.6) is 0 Å². The largest absolute Gasteiger partial charge is 0.370 e. The van der Waals surface area contributed by atoms with Gasteiger partial charge in [-0.25, -0.2) is 0 Å². The molecule has 1 atom stereocenters. The second-order valence-corrected chi connectivity index (χ2v) is 7.01. The Morgan fingerprint density at radius 1 is 1.24 bits per heavy atom. The lowest BCUT2D eigenvalue weighted by molar-refractivity contribution is -0.118. The zero-order valence-corrected chi connectivity index (χ0v) is 15.7. The van der Waals surface area contributed by atoms with E-state index < -0.39 is 0 Å². The molecule has 2 aromatic rings. The Hall–Kier alpha value is -2.15. The highest BCUT2D eigenvalue weighted by Gasteiger charge is 2.13. The molecule has 0 aliphatic heterocycles. The molecule has 0 saturated heterocycles. The number of rotatable bonds is 9. The van der Waals surface area contributed by atoms with Crippen LogP contribution in [0.3, 0.4) is 0 Å². The second-order valence-electron chi connectivity index (χ2n) is 6.07. The van der Waals surface area contributed by atoms with Crippen LogP contribution in [0.15, 0.2) is 29.4 Å². The minimum Gasteiger partial charge on any atom is -0.370 e. The predicted molar refractivity (Wildman–Crippen MR) is 98.7 cm³/mol. The number of hydrogen-bond acceptors (Lipinski definition) is 5. The van der Waals surface area contributed by atoms with Crippen LogP contribution in [0, 0.1) is 0 Å². The molecule has 0 spiro atoms. The number of carbonyl (C=O) groups excluding carboxylic acids is 2. The average Bonchev–Trinajstić information content (AvgIpc) is 2.97. The highest BCUT2D eigenvalue weighted by Crippen LogP contribution is 2.21. The van der Waals surface area contributed by atoms with E-state index in [4.69, 9.17) is 5.73 Å². The van der Waals surface area contributed by atoms with E-state index in [-0.39, 0.29) is 18.1 Å². The highest BCUT2D eigenvalue weighted by molar-refractivity contribution is 7.99. The van der Waals surface area contributed by atoms with Crippen LogP contribution in [-0.4, -0.2) is 32.2 Å². The number of nitrogens with two attached hydrogens (primary N) is 1. The van der Waals surface area contributed by atoms with Crippen LogP contribution in [0.25, 0.3) is 0 Å². The van der Waals surface area contributed by atoms with Crippen molar-refractivity contribution in [2.75, 3.05) is 5.75 Å². The first-order chi connectivity index (χ1) is 11.9. The molecule has 25 heavy (non-hydrogen) atoms. The molecular formula is C18H24N4O2S. The van der Waals surface area contributed by atoms with Crippen molar-refractivity contribution in [3.8, 4) is 0 Å². The fourth-order valence-electron chi connectivity index (χ4n) is 2.37. The van der Waals surface area contributed by atoms with Gasteiger partial charge in [-0.2, -0.15) is 0 Å². The summed E-state index contributed by atoms with van der Waals surface area (Å²) in [4.78, 5) is 23.2. The summed E-state index contributed by atoms with van der Waals surface area (Å²) in [6, 6.07) is 7.82. The molecule has 0 aliphatic carbocycles. The fraction of sp³-hybridized carbons (Fsp3) is 0.444. The van der Waals surface area contributed by atoms with Gasteiger partial charge in [-0.05, 0) is 17.9 Å². The first-order valence-electron chi connectivity index (χ1n) is 8.34. The third-order valence-electron chi connectivity index (χ3n) is 4.27. The van der Waals surface area contributed by atoms with Crippen molar-refractivity contribution in [1.29, 1.82) is 0 Å². The van der Waals surface area contributed by atoms with E-state index in [1.165, 1.54) is 17.3 Å². The van der Waals surface area contributed by atoms with Gasteiger partial charge in [-0.1, -0.05) is 49.9 Å². The number of nitrogens with zero attached hydrogens (tertiary/aromatic N) is 3. The first kappa shape index (κ1) is 19.2. The zero-order chi connectivity index (χ0) is 18.4. The van der Waals surface area contributed by atoms with Crippen LogP contribution < -0.4 is 5.73 Å². The molecule has 0 aliphatic rings. The van der Waals surface area contributed by atoms with Crippen molar-refractivity contribution < 1.29 is 9.59 Å². The molecule has 1 amide bonds. The van der Waals surface area contributed by atoms with Crippen molar-refractivity contribution in [2.24, 2.45) is 12.8 Å². The summed E-state index contributed by atoms with van der Waals surface area (Å²) in [5.74, 6) is 1.17. The number of hydrogen-bond donors (Lipinski definition) is 1. The number of aryl methyl sites for hydroxylation is 1. The molecule has 1 heterocycles. The Labute approximate surface area is 152 Å². The van der Waals surface area contributed by atoms with Gasteiger partial charge in [0.1, 0.15) is 5.82 Å². The quantitative estimate of drug-likeness (QED) is 0.548. The number of Topliss-reactive ketones (excluding diaryl/α,β-unsaturated/α-hetero) is 1. The first-order valence-corrected chi connectivity index (χ1v) is 9.33. The summed E-state index contributed by atoms with van der Waals surface area (Å²) >= 11 is 1.34. The van der Waals surface area contributed by atoms with Crippen LogP contribution in [0.2, 0.25) is 0 Å². The number of primary amides is 1. The third-order valence-corrected chi connectivity index (χ3v) is 5.29. The lowest BCUT2D eigenvalue weighted by Gasteiger charge is -2.09. The van der Waals surface area contributed by atoms with Crippen molar-refractivity contribution >= 4 is 23.5 Å². The molecule has 2 N–H and O–H groups in total. The Kier molecular flexibility index (Phi) is 6.75. The molecule has 0 bridgehead atoms. The summed E-state index contributed by atoms with van der Waals surface area (Å²) < 4.78 is 1.80. The van der Waals surface area contributed by atoms with Crippen molar-refractivity contribution in [1.82, 2.24) is 14.8 Å². The molecule has 6 nitrogen and oxygen atoms in total. The standard InChI is InChI=1S/C18H24N4O2S/c1-4-12(2)13-5-7-14(8-6-13)15(23)11-25-18-21-20-17(22(18)3)10-9-16(19)24/h5-8,12H,4,9-11H2,1-3H3,(H2,19,24)/t12-/m0/s1. The second kappa shape index (κ2) is 8.80. The number of amides is 1. The molecule has 134 valence electrons. The number of thioether (sulfide) groups is 1. The normalized spacial score (nSPS) is 12.1. The van der Waals surface area contributed by atoms with Gasteiger partial charge in [0, 0.05) is 25.5 Å². The van der Waals surface area contributed by atoms with Gasteiger partial charge in [0.15, 0.2) is 10.9 Å². The molecule has 1 aromatic carbocycles. The van der Waals surface area contributed by atoms with E-state index in [2.05, 4.69) is 24.0 Å². The maximum absolute atomic E-state index is 12.4. The molecule has 2 rings (SSSR count). The minimum absolute atomic E-state index is 0.0578. The van der Waals surface area contributed by atoms with E-state index in [9.17, 15) is 9.59 Å².